The van der Waals surface area contributed by atoms with Crippen LogP contribution in [0.2, 0.25) is 0 Å². The number of hydrogen-bond acceptors (Lipinski definition) is 2. The average molecular weight is 301 g/mol. The van der Waals surface area contributed by atoms with Crippen LogP contribution < -0.4 is 10.1 Å². The highest BCUT2D eigenvalue weighted by Crippen LogP contribution is 2.30. The fourth-order valence-corrected chi connectivity index (χ4v) is 2.12. The van der Waals surface area contributed by atoms with Crippen LogP contribution in [0.25, 0.3) is 0 Å². The number of anilines is 1. The molecule has 0 unspecified atom stereocenters. The zero-order chi connectivity index (χ0) is 16.2. The quantitative estimate of drug-likeness (QED) is 0.921. The molecule has 0 heterocycles. The van der Waals surface area contributed by atoms with Crippen LogP contribution in [-0.4, -0.2) is 12.5 Å². The van der Waals surface area contributed by atoms with Crippen LogP contribution in [-0.2, 0) is 10.2 Å². The van der Waals surface area contributed by atoms with Crippen molar-refractivity contribution in [2.24, 2.45) is 0 Å². The predicted molar refractivity (Wildman–Crippen MR) is 85.7 cm³/mol. The van der Waals surface area contributed by atoms with Crippen LogP contribution in [0.4, 0.5) is 10.1 Å². The van der Waals surface area contributed by atoms with E-state index in [9.17, 15) is 9.18 Å². The second-order valence-corrected chi connectivity index (χ2v) is 6.09. The number of carbonyl (C=O) groups is 1. The Balaban J connectivity index is 2.00. The third-order valence-electron chi connectivity index (χ3n) is 3.16. The number of ether oxygens (including phenoxy) is 1. The number of amides is 1. The van der Waals surface area contributed by atoms with Gasteiger partial charge < -0.3 is 10.1 Å². The first-order chi connectivity index (χ1) is 10.4. The summed E-state index contributed by atoms with van der Waals surface area (Å²) in [6, 6.07) is 13.4. The van der Waals surface area contributed by atoms with Crippen molar-refractivity contribution in [3.05, 3.63) is 59.9 Å². The number of para-hydroxylation sites is 1. The molecule has 0 aliphatic rings. The van der Waals surface area contributed by atoms with Gasteiger partial charge in [-0.15, -0.1) is 0 Å². The van der Waals surface area contributed by atoms with Gasteiger partial charge in [-0.1, -0.05) is 45.0 Å². The van der Waals surface area contributed by atoms with Gasteiger partial charge >= 0.3 is 0 Å². The maximum absolute atomic E-state index is 13.1. The summed E-state index contributed by atoms with van der Waals surface area (Å²) in [6.45, 7) is 6.13. The van der Waals surface area contributed by atoms with E-state index in [-0.39, 0.29) is 17.9 Å². The Morgan fingerprint density at radius 3 is 2.55 bits per heavy atom. The molecule has 2 rings (SSSR count). The second kappa shape index (κ2) is 6.60. The molecule has 4 heteroatoms. The van der Waals surface area contributed by atoms with Crippen molar-refractivity contribution in [2.45, 2.75) is 26.2 Å². The Kier molecular flexibility index (Phi) is 4.81. The van der Waals surface area contributed by atoms with Crippen molar-refractivity contribution in [3.8, 4) is 5.75 Å². The molecule has 3 nitrogen and oxygen atoms in total. The summed E-state index contributed by atoms with van der Waals surface area (Å²) >= 11 is 0. The van der Waals surface area contributed by atoms with E-state index in [0.717, 1.165) is 5.56 Å². The van der Waals surface area contributed by atoms with E-state index in [4.69, 9.17) is 4.74 Å². The molecule has 116 valence electrons. The van der Waals surface area contributed by atoms with E-state index in [1.807, 2.05) is 24.3 Å². The van der Waals surface area contributed by atoms with E-state index < -0.39 is 5.82 Å². The lowest BCUT2D eigenvalue weighted by Gasteiger charge is -2.22. The fourth-order valence-electron chi connectivity index (χ4n) is 2.12. The van der Waals surface area contributed by atoms with Gasteiger partial charge in [0, 0.05) is 5.69 Å². The zero-order valence-electron chi connectivity index (χ0n) is 13.0. The van der Waals surface area contributed by atoms with E-state index in [0.29, 0.717) is 11.4 Å². The molecule has 0 fully saturated rings. The number of nitrogens with one attached hydrogen (secondary N) is 1. The van der Waals surface area contributed by atoms with Gasteiger partial charge in [0.15, 0.2) is 6.61 Å². The van der Waals surface area contributed by atoms with Crippen molar-refractivity contribution in [3.63, 3.8) is 0 Å². The molecule has 2 aromatic rings. The topological polar surface area (TPSA) is 38.3 Å². The predicted octanol–water partition coefficient (Wildman–Crippen LogP) is 4.14. The normalized spacial score (nSPS) is 11.1. The van der Waals surface area contributed by atoms with Gasteiger partial charge in [0.2, 0.25) is 0 Å². The third-order valence-corrected chi connectivity index (χ3v) is 3.16. The van der Waals surface area contributed by atoms with Crippen LogP contribution in [0.15, 0.2) is 48.5 Å². The molecule has 0 spiro atoms. The molecule has 1 amide bonds. The van der Waals surface area contributed by atoms with Crippen LogP contribution in [0.1, 0.15) is 26.3 Å². The Morgan fingerprint density at radius 1 is 1.14 bits per heavy atom. The Hall–Kier alpha value is -2.36. The molecule has 0 saturated heterocycles. The molecule has 22 heavy (non-hydrogen) atoms. The summed E-state index contributed by atoms with van der Waals surface area (Å²) in [7, 11) is 0. The lowest BCUT2D eigenvalue weighted by molar-refractivity contribution is -0.118. The lowest BCUT2D eigenvalue weighted by Crippen LogP contribution is -2.22. The molecule has 2 aromatic carbocycles. The lowest BCUT2D eigenvalue weighted by atomic mass is 9.86. The summed E-state index contributed by atoms with van der Waals surface area (Å²) in [5.74, 6) is -0.0319. The van der Waals surface area contributed by atoms with Crippen molar-refractivity contribution >= 4 is 11.6 Å². The van der Waals surface area contributed by atoms with Gasteiger partial charge in [0.05, 0.1) is 0 Å². The molecule has 1 N–H and O–H groups in total. The maximum Gasteiger partial charge on any atom is 0.262 e. The Morgan fingerprint density at radius 2 is 1.86 bits per heavy atom. The number of benzene rings is 2. The molecule has 0 saturated carbocycles. The van der Waals surface area contributed by atoms with Crippen LogP contribution in [0.3, 0.4) is 0 Å². The first-order valence-electron chi connectivity index (χ1n) is 7.14. The van der Waals surface area contributed by atoms with Gasteiger partial charge in [-0.25, -0.2) is 4.39 Å². The smallest absolute Gasteiger partial charge is 0.262 e. The van der Waals surface area contributed by atoms with Gasteiger partial charge in [-0.05, 0) is 35.2 Å². The molecule has 0 atom stereocenters. The molecule has 0 aromatic heterocycles. The number of halogens is 1. The van der Waals surface area contributed by atoms with E-state index in [1.54, 1.807) is 12.1 Å². The summed E-state index contributed by atoms with van der Waals surface area (Å²) in [5, 5.41) is 2.61. The summed E-state index contributed by atoms with van der Waals surface area (Å²) in [6.07, 6.45) is 0. The summed E-state index contributed by atoms with van der Waals surface area (Å²) in [4.78, 5) is 11.9. The van der Waals surface area contributed by atoms with Crippen LogP contribution >= 0.6 is 0 Å². The molecular formula is C18H20FNO2. The van der Waals surface area contributed by atoms with Crippen molar-refractivity contribution in [1.29, 1.82) is 0 Å². The standard InChI is InChI=1S/C18H20FNO2/c1-18(2,3)15-9-4-5-10-16(15)22-12-17(21)20-14-8-6-7-13(19)11-14/h4-11H,12H2,1-3H3,(H,20,21). The zero-order valence-corrected chi connectivity index (χ0v) is 13.0. The second-order valence-electron chi connectivity index (χ2n) is 6.09. The van der Waals surface area contributed by atoms with Gasteiger partial charge in [0.25, 0.3) is 5.91 Å². The summed E-state index contributed by atoms with van der Waals surface area (Å²) in [5.41, 5.74) is 1.38. The van der Waals surface area contributed by atoms with Gasteiger partial charge in [0.1, 0.15) is 11.6 Å². The van der Waals surface area contributed by atoms with Crippen molar-refractivity contribution in [1.82, 2.24) is 0 Å². The maximum atomic E-state index is 13.1. The minimum Gasteiger partial charge on any atom is -0.483 e. The molecule has 0 radical (unpaired) electrons. The molecule has 0 aliphatic heterocycles. The molecule has 0 bridgehead atoms. The van der Waals surface area contributed by atoms with E-state index in [2.05, 4.69) is 26.1 Å². The molecule has 0 aliphatic carbocycles. The SMILES string of the molecule is CC(C)(C)c1ccccc1OCC(=O)Nc1cccc(F)c1. The summed E-state index contributed by atoms with van der Waals surface area (Å²) < 4.78 is 18.7. The van der Waals surface area contributed by atoms with Crippen molar-refractivity contribution in [2.75, 3.05) is 11.9 Å². The average Bonchev–Trinajstić information content (AvgIpc) is 2.44. The van der Waals surface area contributed by atoms with Gasteiger partial charge in [-0.3, -0.25) is 4.79 Å². The van der Waals surface area contributed by atoms with Crippen LogP contribution in [0.5, 0.6) is 5.75 Å². The Bertz CT molecular complexity index is 662. The van der Waals surface area contributed by atoms with Gasteiger partial charge in [-0.2, -0.15) is 0 Å². The highest BCUT2D eigenvalue weighted by molar-refractivity contribution is 5.91. The fraction of sp³-hybridized carbons (Fsp3) is 0.278. The highest BCUT2D eigenvalue weighted by Gasteiger charge is 2.18. The van der Waals surface area contributed by atoms with Crippen LogP contribution in [0, 0.1) is 5.82 Å². The Labute approximate surface area is 130 Å². The monoisotopic (exact) mass is 301 g/mol. The van der Waals surface area contributed by atoms with E-state index >= 15 is 0 Å². The first-order valence-corrected chi connectivity index (χ1v) is 7.14. The number of hydrogen-bond donors (Lipinski definition) is 1. The molecular weight excluding hydrogens is 281 g/mol. The number of carbonyl (C=O) groups excluding carboxylic acids is 1. The minimum atomic E-state index is -0.392. The van der Waals surface area contributed by atoms with Crippen molar-refractivity contribution < 1.29 is 13.9 Å². The highest BCUT2D eigenvalue weighted by atomic mass is 19.1. The number of rotatable bonds is 4. The largest absolute Gasteiger partial charge is 0.483 e. The van der Waals surface area contributed by atoms with E-state index in [1.165, 1.54) is 12.1 Å². The third kappa shape index (κ3) is 4.32. The minimum absolute atomic E-state index is 0.0738. The first kappa shape index (κ1) is 16.0.